The molecule has 0 saturated carbocycles. The number of rotatable bonds is 1. The summed E-state index contributed by atoms with van der Waals surface area (Å²) >= 11 is 3.17. The van der Waals surface area contributed by atoms with Gasteiger partial charge in [0.1, 0.15) is 6.17 Å². The lowest BCUT2D eigenvalue weighted by Gasteiger charge is -2.01. The van der Waals surface area contributed by atoms with Crippen LogP contribution in [-0.4, -0.2) is 9.55 Å². The van der Waals surface area contributed by atoms with Gasteiger partial charge in [-0.05, 0) is 22.9 Å². The third-order valence-electron chi connectivity index (χ3n) is 1.37. The topological polar surface area (TPSA) is 17.8 Å². The molecular formula is C6H8BrFN2. The van der Waals surface area contributed by atoms with Crippen LogP contribution in [0, 0.1) is 0 Å². The first-order chi connectivity index (χ1) is 4.63. The highest BCUT2D eigenvalue weighted by Gasteiger charge is 2.09. The molecule has 0 radical (unpaired) electrons. The highest BCUT2D eigenvalue weighted by molar-refractivity contribution is 9.10. The lowest BCUT2D eigenvalue weighted by Crippen LogP contribution is -1.96. The van der Waals surface area contributed by atoms with E-state index in [1.165, 1.54) is 13.1 Å². The Balaban J connectivity index is 3.05. The van der Waals surface area contributed by atoms with Crippen LogP contribution in [0.15, 0.2) is 10.9 Å². The number of halogens is 2. The molecule has 2 nitrogen and oxygen atoms in total. The van der Waals surface area contributed by atoms with Gasteiger partial charge < -0.3 is 4.57 Å². The number of imidazole rings is 1. The van der Waals surface area contributed by atoms with Crippen molar-refractivity contribution in [2.24, 2.45) is 7.05 Å². The third kappa shape index (κ3) is 1.21. The molecule has 1 aromatic heterocycles. The normalized spacial score (nSPS) is 13.6. The minimum absolute atomic E-state index is 0.590. The van der Waals surface area contributed by atoms with Crippen molar-refractivity contribution in [3.8, 4) is 0 Å². The highest BCUT2D eigenvalue weighted by Crippen LogP contribution is 2.18. The average molecular weight is 207 g/mol. The molecule has 10 heavy (non-hydrogen) atoms. The van der Waals surface area contributed by atoms with E-state index >= 15 is 0 Å². The van der Waals surface area contributed by atoms with Crippen molar-refractivity contribution >= 4 is 15.9 Å². The second-order valence-corrected chi connectivity index (χ2v) is 2.84. The summed E-state index contributed by atoms with van der Waals surface area (Å²) < 4.78 is 15.0. The van der Waals surface area contributed by atoms with Crippen molar-refractivity contribution in [3.05, 3.63) is 16.6 Å². The molecule has 56 valence electrons. The van der Waals surface area contributed by atoms with Crippen molar-refractivity contribution in [1.82, 2.24) is 9.55 Å². The molecule has 0 amide bonds. The standard InChI is InChI=1S/C6H8BrFN2/c1-4(8)5-3-9-6(7)10(5)2/h3-4H,1-2H3. The molecule has 0 bridgehead atoms. The molecule has 0 fully saturated rings. The van der Waals surface area contributed by atoms with Gasteiger partial charge in [-0.25, -0.2) is 9.37 Å². The predicted octanol–water partition coefficient (Wildman–Crippen LogP) is 2.21. The highest BCUT2D eigenvalue weighted by atomic mass is 79.9. The number of hydrogen-bond donors (Lipinski definition) is 0. The van der Waals surface area contributed by atoms with Gasteiger partial charge in [0.2, 0.25) is 0 Å². The number of nitrogens with zero attached hydrogens (tertiary/aromatic N) is 2. The van der Waals surface area contributed by atoms with Crippen molar-refractivity contribution in [2.45, 2.75) is 13.1 Å². The van der Waals surface area contributed by atoms with Crippen LogP contribution in [0.5, 0.6) is 0 Å². The zero-order valence-corrected chi connectivity index (χ0v) is 7.39. The second-order valence-electron chi connectivity index (χ2n) is 2.13. The fourth-order valence-electron chi connectivity index (χ4n) is 0.769. The quantitative estimate of drug-likeness (QED) is 0.690. The van der Waals surface area contributed by atoms with Gasteiger partial charge in [0.25, 0.3) is 0 Å². The van der Waals surface area contributed by atoms with Gasteiger partial charge in [-0.3, -0.25) is 0 Å². The van der Waals surface area contributed by atoms with E-state index in [4.69, 9.17) is 0 Å². The van der Waals surface area contributed by atoms with Crippen LogP contribution < -0.4 is 0 Å². The van der Waals surface area contributed by atoms with Crippen LogP contribution >= 0.6 is 15.9 Å². The molecule has 0 saturated heterocycles. The van der Waals surface area contributed by atoms with Gasteiger partial charge in [0, 0.05) is 7.05 Å². The molecule has 4 heteroatoms. The van der Waals surface area contributed by atoms with Crippen LogP contribution in [-0.2, 0) is 7.05 Å². The van der Waals surface area contributed by atoms with Crippen molar-refractivity contribution < 1.29 is 4.39 Å². The average Bonchev–Trinajstić information content (AvgIpc) is 2.14. The fraction of sp³-hybridized carbons (Fsp3) is 0.500. The largest absolute Gasteiger partial charge is 0.323 e. The summed E-state index contributed by atoms with van der Waals surface area (Å²) in [7, 11) is 1.77. The Hall–Kier alpha value is -0.380. The van der Waals surface area contributed by atoms with E-state index in [1.54, 1.807) is 11.6 Å². The molecule has 0 aliphatic heterocycles. The summed E-state index contributed by atoms with van der Waals surface area (Å²) in [6.45, 7) is 1.49. The van der Waals surface area contributed by atoms with Gasteiger partial charge >= 0.3 is 0 Å². The van der Waals surface area contributed by atoms with Crippen LogP contribution in [0.4, 0.5) is 4.39 Å². The summed E-state index contributed by atoms with van der Waals surface area (Å²) in [5.41, 5.74) is 0.590. The molecule has 1 heterocycles. The molecule has 0 aliphatic carbocycles. The lowest BCUT2D eigenvalue weighted by atomic mass is 10.3. The van der Waals surface area contributed by atoms with E-state index in [0.717, 1.165) is 0 Å². The number of alkyl halides is 1. The summed E-state index contributed by atoms with van der Waals surface area (Å²) in [6.07, 6.45) is 0.568. The Bertz CT molecular complexity index is 232. The predicted molar refractivity (Wildman–Crippen MR) is 40.4 cm³/mol. The molecule has 1 unspecified atom stereocenters. The van der Waals surface area contributed by atoms with Gasteiger partial charge in [-0.2, -0.15) is 0 Å². The summed E-state index contributed by atoms with van der Waals surface area (Å²) in [6, 6.07) is 0. The van der Waals surface area contributed by atoms with E-state index in [1.807, 2.05) is 0 Å². The van der Waals surface area contributed by atoms with E-state index in [0.29, 0.717) is 10.4 Å². The Labute approximate surface area is 67.2 Å². The first kappa shape index (κ1) is 7.72. The molecular weight excluding hydrogens is 199 g/mol. The second kappa shape index (κ2) is 2.70. The minimum Gasteiger partial charge on any atom is -0.323 e. The zero-order chi connectivity index (χ0) is 7.72. The van der Waals surface area contributed by atoms with E-state index in [-0.39, 0.29) is 0 Å². The molecule has 0 spiro atoms. The lowest BCUT2D eigenvalue weighted by molar-refractivity contribution is 0.357. The third-order valence-corrected chi connectivity index (χ3v) is 2.11. The molecule has 1 aromatic rings. The Morgan fingerprint density at radius 2 is 2.40 bits per heavy atom. The fourth-order valence-corrected chi connectivity index (χ4v) is 1.08. The zero-order valence-electron chi connectivity index (χ0n) is 5.81. The molecule has 0 aliphatic rings. The van der Waals surface area contributed by atoms with Crippen molar-refractivity contribution in [2.75, 3.05) is 0 Å². The summed E-state index contributed by atoms with van der Waals surface area (Å²) in [4.78, 5) is 3.88. The van der Waals surface area contributed by atoms with Gasteiger partial charge in [0.15, 0.2) is 4.73 Å². The minimum atomic E-state index is -0.955. The summed E-state index contributed by atoms with van der Waals surface area (Å²) in [5, 5.41) is 0. The van der Waals surface area contributed by atoms with Crippen LogP contribution in [0.3, 0.4) is 0 Å². The molecule has 1 rings (SSSR count). The Morgan fingerprint density at radius 1 is 1.80 bits per heavy atom. The smallest absolute Gasteiger partial charge is 0.177 e. The van der Waals surface area contributed by atoms with E-state index < -0.39 is 6.17 Å². The van der Waals surface area contributed by atoms with Crippen molar-refractivity contribution in [3.63, 3.8) is 0 Å². The van der Waals surface area contributed by atoms with Gasteiger partial charge in [-0.1, -0.05) is 0 Å². The first-order valence-corrected chi connectivity index (χ1v) is 3.73. The maximum absolute atomic E-state index is 12.6. The SMILES string of the molecule is CC(F)c1cnc(Br)n1C. The molecule has 0 N–H and O–H groups in total. The van der Waals surface area contributed by atoms with Crippen LogP contribution in [0.25, 0.3) is 0 Å². The van der Waals surface area contributed by atoms with Gasteiger partial charge in [0.05, 0.1) is 11.9 Å². The number of aromatic nitrogens is 2. The maximum atomic E-state index is 12.6. The Kier molecular flexibility index (Phi) is 2.08. The van der Waals surface area contributed by atoms with Crippen molar-refractivity contribution in [1.29, 1.82) is 0 Å². The molecule has 0 aromatic carbocycles. The van der Waals surface area contributed by atoms with Gasteiger partial charge in [-0.15, -0.1) is 0 Å². The molecule has 1 atom stereocenters. The van der Waals surface area contributed by atoms with E-state index in [9.17, 15) is 4.39 Å². The first-order valence-electron chi connectivity index (χ1n) is 2.94. The monoisotopic (exact) mass is 206 g/mol. The van der Waals surface area contributed by atoms with Crippen LogP contribution in [0.2, 0.25) is 0 Å². The van der Waals surface area contributed by atoms with Crippen LogP contribution in [0.1, 0.15) is 18.8 Å². The maximum Gasteiger partial charge on any atom is 0.177 e. The number of hydrogen-bond acceptors (Lipinski definition) is 1. The summed E-state index contributed by atoms with van der Waals surface area (Å²) in [5.74, 6) is 0. The Morgan fingerprint density at radius 3 is 2.60 bits per heavy atom. The van der Waals surface area contributed by atoms with E-state index in [2.05, 4.69) is 20.9 Å².